The quantitative estimate of drug-likeness (QED) is 0.415. The number of rotatable bonds is 1. The van der Waals surface area contributed by atoms with Crippen LogP contribution in [0.25, 0.3) is 0 Å². The van der Waals surface area contributed by atoms with Crippen LogP contribution < -0.4 is 0 Å². The monoisotopic (exact) mass is 243 g/mol. The minimum absolute atomic E-state index is 0. The highest BCUT2D eigenvalue weighted by atomic mass is 32.3. The van der Waals surface area contributed by atoms with E-state index >= 15 is 0 Å². The Labute approximate surface area is 84.1 Å². The number of nitro benzene ring substituents is 1. The molecule has 0 aromatic heterocycles. The Hall–Kier alpha value is -1.61. The van der Waals surface area contributed by atoms with E-state index in [2.05, 4.69) is 0 Å². The van der Waals surface area contributed by atoms with Gasteiger partial charge >= 0.3 is 10.6 Å². The second kappa shape index (κ2) is 6.79. The summed E-state index contributed by atoms with van der Waals surface area (Å²) in [7, 11) is -5.67. The molecule has 0 aliphatic rings. The van der Waals surface area contributed by atoms with Gasteiger partial charge in [-0.3, -0.25) is 10.1 Å². The maximum atomic E-state index is 10.0. The first kappa shape index (κ1) is 15.8. The van der Waals surface area contributed by atoms with Crippen molar-refractivity contribution >= 4 is 16.3 Å². The van der Waals surface area contributed by atoms with Gasteiger partial charge in [0.25, 0.3) is 5.69 Å². The molecule has 0 fully saturated rings. The van der Waals surface area contributed by atoms with E-state index in [4.69, 9.17) is 8.42 Å². The number of hydrogen-bond acceptors (Lipinski definition) is 4. The standard InChI is InChI=1S/C6H5NO2.F2O2S.H2O/c8-7(9)6-4-2-1-3-5-6;1-5(2,3)4;/h1-5H;;1H2. The molecule has 9 heteroatoms. The van der Waals surface area contributed by atoms with Crippen LogP contribution in [0.2, 0.25) is 0 Å². The lowest BCUT2D eigenvalue weighted by Crippen LogP contribution is -1.84. The highest BCUT2D eigenvalue weighted by Crippen LogP contribution is 2.06. The smallest absolute Gasteiger partial charge is 0.412 e. The molecule has 0 unspecified atom stereocenters. The van der Waals surface area contributed by atoms with E-state index in [1.54, 1.807) is 18.2 Å². The Morgan fingerprint density at radius 3 is 1.67 bits per heavy atom. The fraction of sp³-hybridized carbons (Fsp3) is 0. The van der Waals surface area contributed by atoms with Crippen LogP contribution >= 0.6 is 0 Å². The van der Waals surface area contributed by atoms with Crippen LogP contribution in [0.1, 0.15) is 0 Å². The lowest BCUT2D eigenvalue weighted by atomic mass is 10.3. The Morgan fingerprint density at radius 2 is 1.47 bits per heavy atom. The van der Waals surface area contributed by atoms with Crippen LogP contribution in [-0.2, 0) is 10.6 Å². The number of non-ortho nitro benzene ring substituents is 1. The molecule has 0 aliphatic carbocycles. The van der Waals surface area contributed by atoms with Gasteiger partial charge in [0.1, 0.15) is 0 Å². The molecule has 0 aliphatic heterocycles. The fourth-order valence-electron chi connectivity index (χ4n) is 0.550. The van der Waals surface area contributed by atoms with Crippen molar-refractivity contribution in [2.45, 2.75) is 0 Å². The van der Waals surface area contributed by atoms with Gasteiger partial charge in [0.15, 0.2) is 0 Å². The molecule has 0 atom stereocenters. The van der Waals surface area contributed by atoms with Crippen LogP contribution in [-0.4, -0.2) is 18.8 Å². The summed E-state index contributed by atoms with van der Waals surface area (Å²) in [6.07, 6.45) is 0. The molecule has 0 saturated heterocycles. The Balaban J connectivity index is 0. The summed E-state index contributed by atoms with van der Waals surface area (Å²) in [5, 5.41) is 10.0. The molecule has 0 heterocycles. The average Bonchev–Trinajstić information content (AvgIpc) is 2.03. The maximum Gasteiger partial charge on any atom is 0.476 e. The summed E-state index contributed by atoms with van der Waals surface area (Å²) in [6, 6.07) is 7.93. The zero-order valence-electron chi connectivity index (χ0n) is 7.13. The van der Waals surface area contributed by atoms with E-state index < -0.39 is 15.5 Å². The summed E-state index contributed by atoms with van der Waals surface area (Å²) in [5.41, 5.74) is 0.137. The molecule has 0 bridgehead atoms. The summed E-state index contributed by atoms with van der Waals surface area (Å²) in [4.78, 5) is 9.59. The molecule has 86 valence electrons. The van der Waals surface area contributed by atoms with Crippen molar-refractivity contribution in [1.82, 2.24) is 0 Å². The number of halogens is 2. The van der Waals surface area contributed by atoms with E-state index in [0.29, 0.717) is 0 Å². The molecule has 15 heavy (non-hydrogen) atoms. The molecule has 1 aromatic rings. The highest BCUT2D eigenvalue weighted by Gasteiger charge is 1.98. The predicted octanol–water partition coefficient (Wildman–Crippen LogP) is 0.940. The second-order valence-electron chi connectivity index (χ2n) is 1.97. The molecule has 0 spiro atoms. The lowest BCUT2D eigenvalue weighted by molar-refractivity contribution is -0.384. The van der Waals surface area contributed by atoms with E-state index in [0.717, 1.165) is 0 Å². The van der Waals surface area contributed by atoms with Crippen molar-refractivity contribution in [1.29, 1.82) is 0 Å². The van der Waals surface area contributed by atoms with Gasteiger partial charge in [0.2, 0.25) is 0 Å². The number of hydrogen-bond donors (Lipinski definition) is 0. The highest BCUT2D eigenvalue weighted by molar-refractivity contribution is 7.81. The number of para-hydroxylation sites is 1. The Morgan fingerprint density at radius 1 is 1.13 bits per heavy atom. The summed E-state index contributed by atoms with van der Waals surface area (Å²) >= 11 is 0. The van der Waals surface area contributed by atoms with E-state index in [1.165, 1.54) is 12.1 Å². The Kier molecular flexibility index (Phi) is 7.17. The van der Waals surface area contributed by atoms with Gasteiger partial charge in [0, 0.05) is 12.1 Å². The molecule has 0 saturated carbocycles. The van der Waals surface area contributed by atoms with Crippen LogP contribution in [0.5, 0.6) is 0 Å². The molecular formula is C6H7F2NO5S. The first-order valence-electron chi connectivity index (χ1n) is 3.14. The van der Waals surface area contributed by atoms with Gasteiger partial charge in [0.05, 0.1) is 4.92 Å². The van der Waals surface area contributed by atoms with Crippen LogP contribution in [0.3, 0.4) is 0 Å². The number of nitrogens with zero attached hydrogens (tertiary/aromatic N) is 1. The summed E-state index contributed by atoms with van der Waals surface area (Å²) < 4.78 is 36.6. The van der Waals surface area contributed by atoms with Crippen molar-refractivity contribution < 1.29 is 26.6 Å². The van der Waals surface area contributed by atoms with Gasteiger partial charge in [-0.15, -0.1) is 0 Å². The zero-order chi connectivity index (χ0) is 11.2. The normalized spacial score (nSPS) is 9.20. The van der Waals surface area contributed by atoms with Gasteiger partial charge in [-0.05, 0) is 0 Å². The predicted molar refractivity (Wildman–Crippen MR) is 47.8 cm³/mol. The van der Waals surface area contributed by atoms with E-state index in [-0.39, 0.29) is 11.2 Å². The fourth-order valence-corrected chi connectivity index (χ4v) is 0.550. The first-order chi connectivity index (χ1) is 6.30. The van der Waals surface area contributed by atoms with E-state index in [9.17, 15) is 17.9 Å². The van der Waals surface area contributed by atoms with Gasteiger partial charge < -0.3 is 5.48 Å². The van der Waals surface area contributed by atoms with Crippen molar-refractivity contribution in [3.05, 3.63) is 40.4 Å². The molecule has 1 rings (SSSR count). The summed E-state index contributed by atoms with van der Waals surface area (Å²) in [5.74, 6) is 0. The molecule has 1 aromatic carbocycles. The third-order valence-corrected chi connectivity index (χ3v) is 0.967. The summed E-state index contributed by atoms with van der Waals surface area (Å²) in [6.45, 7) is 0. The molecule has 0 amide bonds. The minimum Gasteiger partial charge on any atom is -0.412 e. The van der Waals surface area contributed by atoms with Crippen LogP contribution in [0.15, 0.2) is 30.3 Å². The average molecular weight is 243 g/mol. The van der Waals surface area contributed by atoms with Gasteiger partial charge in [-0.2, -0.15) is 8.42 Å². The molecule has 0 radical (unpaired) electrons. The number of benzene rings is 1. The van der Waals surface area contributed by atoms with Crippen molar-refractivity contribution in [2.24, 2.45) is 0 Å². The molecular weight excluding hydrogens is 236 g/mol. The van der Waals surface area contributed by atoms with Gasteiger partial charge in [-0.25, -0.2) is 0 Å². The number of nitro groups is 1. The zero-order valence-corrected chi connectivity index (χ0v) is 7.95. The largest absolute Gasteiger partial charge is 0.476 e. The topological polar surface area (TPSA) is 109 Å². The van der Waals surface area contributed by atoms with Crippen LogP contribution in [0.4, 0.5) is 13.5 Å². The van der Waals surface area contributed by atoms with Crippen LogP contribution in [0, 0.1) is 10.1 Å². The maximum absolute atomic E-state index is 10.0. The lowest BCUT2D eigenvalue weighted by Gasteiger charge is -1.85. The SMILES string of the molecule is O.O=S(=O)(F)F.O=[N+]([O-])c1ccccc1. The Bertz CT molecular complexity index is 385. The molecule has 2 N–H and O–H groups in total. The molecule has 6 nitrogen and oxygen atoms in total. The van der Waals surface area contributed by atoms with Crippen molar-refractivity contribution in [3.63, 3.8) is 0 Å². The second-order valence-corrected chi connectivity index (χ2v) is 2.73. The van der Waals surface area contributed by atoms with Gasteiger partial charge in [-0.1, -0.05) is 26.0 Å². The third-order valence-electron chi connectivity index (χ3n) is 0.967. The third kappa shape index (κ3) is 12.4. The van der Waals surface area contributed by atoms with E-state index in [1.807, 2.05) is 0 Å². The van der Waals surface area contributed by atoms with Crippen molar-refractivity contribution in [2.75, 3.05) is 0 Å². The minimum atomic E-state index is -5.67. The first-order valence-corrected chi connectivity index (χ1v) is 4.43. The van der Waals surface area contributed by atoms with Crippen molar-refractivity contribution in [3.8, 4) is 0 Å².